The molecule has 0 bridgehead atoms. The molecule has 0 atom stereocenters. The summed E-state index contributed by atoms with van der Waals surface area (Å²) >= 11 is 1.31. The summed E-state index contributed by atoms with van der Waals surface area (Å²) in [4.78, 5) is 16.6. The number of nitrogens with zero attached hydrogens (tertiary/aromatic N) is 4. The molecule has 2 aromatic rings. The zero-order valence-corrected chi connectivity index (χ0v) is 17.3. The van der Waals surface area contributed by atoms with Crippen LogP contribution in [0.3, 0.4) is 0 Å². The topological polar surface area (TPSA) is 73.8 Å². The molecular weight excluding hydrogens is 370 g/mol. The molecule has 1 aromatic heterocycles. The Hall–Kier alpha value is -2.93. The number of thioether (sulfide) groups is 1. The van der Waals surface area contributed by atoms with E-state index >= 15 is 0 Å². The normalized spacial score (nSPS) is 17.9. The number of carbonyl (C=O) groups is 1. The lowest BCUT2D eigenvalue weighted by molar-refractivity contribution is -0.114. The molecule has 0 unspecified atom stereocenters. The van der Waals surface area contributed by atoms with Gasteiger partial charge in [-0.25, -0.2) is 0 Å². The molecule has 3 heterocycles. The van der Waals surface area contributed by atoms with Gasteiger partial charge >= 0.3 is 0 Å². The highest BCUT2D eigenvalue weighted by Gasteiger charge is 2.34. The maximum absolute atomic E-state index is 12.5. The van der Waals surface area contributed by atoms with Crippen molar-refractivity contribution in [1.29, 1.82) is 5.41 Å². The third-order valence-electron chi connectivity index (χ3n) is 5.07. The van der Waals surface area contributed by atoms with Gasteiger partial charge in [0.2, 0.25) is 5.17 Å². The Morgan fingerprint density at radius 3 is 2.54 bits per heavy atom. The van der Waals surface area contributed by atoms with Gasteiger partial charge in [0.1, 0.15) is 0 Å². The van der Waals surface area contributed by atoms with E-state index in [1.54, 1.807) is 6.08 Å². The van der Waals surface area contributed by atoms with Crippen molar-refractivity contribution in [2.45, 2.75) is 34.6 Å². The minimum atomic E-state index is -0.398. The SMILES string of the molecule is CC1=NN2C(=N)/C(=C/c3cc(C)n(-c4ccc(C)c(C)c4)c3C)C(=O)N=C2S1. The molecule has 0 saturated carbocycles. The van der Waals surface area contributed by atoms with Gasteiger partial charge in [-0.1, -0.05) is 6.07 Å². The van der Waals surface area contributed by atoms with Crippen molar-refractivity contribution in [2.24, 2.45) is 10.1 Å². The Kier molecular flexibility index (Phi) is 4.34. The summed E-state index contributed by atoms with van der Waals surface area (Å²) in [5, 5.41) is 15.4. The van der Waals surface area contributed by atoms with Crippen molar-refractivity contribution in [1.82, 2.24) is 9.58 Å². The fraction of sp³-hybridized carbons (Fsp3) is 0.238. The fourth-order valence-corrected chi connectivity index (χ4v) is 4.17. The Balaban J connectivity index is 1.78. The first-order chi connectivity index (χ1) is 13.3. The van der Waals surface area contributed by atoms with Gasteiger partial charge in [-0.3, -0.25) is 10.2 Å². The van der Waals surface area contributed by atoms with E-state index in [0.717, 1.165) is 27.7 Å². The predicted octanol–water partition coefficient (Wildman–Crippen LogP) is 4.35. The number of hydrogen-bond donors (Lipinski definition) is 1. The lowest BCUT2D eigenvalue weighted by Crippen LogP contribution is -2.35. The highest BCUT2D eigenvalue weighted by molar-refractivity contribution is 8.26. The third kappa shape index (κ3) is 2.92. The smallest absolute Gasteiger partial charge is 0.283 e. The van der Waals surface area contributed by atoms with Gasteiger partial charge in [0.15, 0.2) is 5.84 Å². The van der Waals surface area contributed by atoms with Crippen molar-refractivity contribution >= 4 is 39.8 Å². The van der Waals surface area contributed by atoms with E-state index in [1.165, 1.54) is 27.9 Å². The fourth-order valence-electron chi connectivity index (χ4n) is 3.44. The van der Waals surface area contributed by atoms with Crippen LogP contribution in [-0.4, -0.2) is 31.5 Å². The van der Waals surface area contributed by atoms with Crippen LogP contribution >= 0.6 is 11.8 Å². The zero-order chi connectivity index (χ0) is 20.2. The number of aryl methyl sites for hydroxylation is 3. The maximum atomic E-state index is 12.5. The number of amidine groups is 2. The van der Waals surface area contributed by atoms with Gasteiger partial charge in [-0.15, -0.1) is 0 Å². The molecule has 4 rings (SSSR count). The second-order valence-corrected chi connectivity index (χ2v) is 8.23. The number of aromatic nitrogens is 1. The molecule has 142 valence electrons. The molecular formula is C21H21N5OS. The molecule has 1 aromatic carbocycles. The predicted molar refractivity (Wildman–Crippen MR) is 115 cm³/mol. The van der Waals surface area contributed by atoms with Gasteiger partial charge in [0, 0.05) is 17.1 Å². The molecule has 1 N–H and O–H groups in total. The number of benzene rings is 1. The van der Waals surface area contributed by atoms with Crippen molar-refractivity contribution < 1.29 is 4.79 Å². The summed E-state index contributed by atoms with van der Waals surface area (Å²) in [6.07, 6.45) is 1.75. The standard InChI is InChI=1S/C21H21N5OS/c1-11-6-7-17(8-12(11)2)25-13(3)9-16(14(25)4)10-18-19(22)26-21(23-20(18)27)28-15(5)24-26/h6-10,22H,1-5H3/b18-10-,22-19?. The van der Waals surface area contributed by atoms with Gasteiger partial charge in [-0.05, 0) is 87.3 Å². The van der Waals surface area contributed by atoms with Gasteiger partial charge < -0.3 is 4.57 Å². The van der Waals surface area contributed by atoms with Crippen LogP contribution in [0.25, 0.3) is 11.8 Å². The van der Waals surface area contributed by atoms with Crippen LogP contribution < -0.4 is 0 Å². The molecule has 0 fully saturated rings. The van der Waals surface area contributed by atoms with Crippen LogP contribution in [0, 0.1) is 33.1 Å². The lowest BCUT2D eigenvalue weighted by atomic mass is 10.1. The zero-order valence-electron chi connectivity index (χ0n) is 16.5. The molecule has 1 amide bonds. The molecule has 28 heavy (non-hydrogen) atoms. The summed E-state index contributed by atoms with van der Waals surface area (Å²) in [7, 11) is 0. The van der Waals surface area contributed by atoms with Crippen molar-refractivity contribution in [2.75, 3.05) is 0 Å². The number of rotatable bonds is 2. The summed E-state index contributed by atoms with van der Waals surface area (Å²) < 4.78 is 2.17. The van der Waals surface area contributed by atoms with Crippen LogP contribution in [0.2, 0.25) is 0 Å². The molecule has 0 spiro atoms. The minimum Gasteiger partial charge on any atom is -0.318 e. The first-order valence-electron chi connectivity index (χ1n) is 8.99. The van der Waals surface area contributed by atoms with Gasteiger partial charge in [-0.2, -0.15) is 15.1 Å². The van der Waals surface area contributed by atoms with E-state index in [9.17, 15) is 4.79 Å². The van der Waals surface area contributed by atoms with Crippen molar-refractivity contribution in [3.63, 3.8) is 0 Å². The largest absolute Gasteiger partial charge is 0.318 e. The van der Waals surface area contributed by atoms with Crippen LogP contribution in [0.15, 0.2) is 39.9 Å². The van der Waals surface area contributed by atoms with E-state index in [4.69, 9.17) is 5.41 Å². The van der Waals surface area contributed by atoms with E-state index < -0.39 is 5.91 Å². The second kappa shape index (κ2) is 6.60. The van der Waals surface area contributed by atoms with Crippen molar-refractivity contribution in [3.05, 3.63) is 57.9 Å². The number of carbonyl (C=O) groups excluding carboxylic acids is 1. The summed E-state index contributed by atoms with van der Waals surface area (Å²) in [6.45, 7) is 10.1. The van der Waals surface area contributed by atoms with Crippen LogP contribution in [0.1, 0.15) is 35.0 Å². The monoisotopic (exact) mass is 391 g/mol. The molecule has 6 nitrogen and oxygen atoms in total. The molecule has 0 radical (unpaired) electrons. The quantitative estimate of drug-likeness (QED) is 0.774. The van der Waals surface area contributed by atoms with E-state index in [2.05, 4.69) is 46.7 Å². The van der Waals surface area contributed by atoms with E-state index in [1.807, 2.05) is 26.8 Å². The first-order valence-corrected chi connectivity index (χ1v) is 9.81. The van der Waals surface area contributed by atoms with Gasteiger partial charge in [0.05, 0.1) is 10.6 Å². The average molecular weight is 392 g/mol. The Bertz CT molecular complexity index is 1140. The molecule has 0 saturated heterocycles. The molecule has 7 heteroatoms. The number of nitrogens with one attached hydrogen (secondary N) is 1. The highest BCUT2D eigenvalue weighted by atomic mass is 32.2. The Morgan fingerprint density at radius 1 is 1.07 bits per heavy atom. The summed E-state index contributed by atoms with van der Waals surface area (Å²) in [6, 6.07) is 8.41. The molecule has 2 aliphatic rings. The van der Waals surface area contributed by atoms with Gasteiger partial charge in [0.25, 0.3) is 5.91 Å². The van der Waals surface area contributed by atoms with Crippen LogP contribution in [0.4, 0.5) is 0 Å². The maximum Gasteiger partial charge on any atom is 0.283 e. The number of amides is 1. The minimum absolute atomic E-state index is 0.0651. The Labute approximate surface area is 168 Å². The molecule has 2 aliphatic heterocycles. The average Bonchev–Trinajstić information content (AvgIpc) is 3.13. The summed E-state index contributed by atoms with van der Waals surface area (Å²) in [5.41, 5.74) is 6.80. The van der Waals surface area contributed by atoms with Crippen LogP contribution in [-0.2, 0) is 4.79 Å². The lowest BCUT2D eigenvalue weighted by Gasteiger charge is -2.20. The summed E-state index contributed by atoms with van der Waals surface area (Å²) in [5.74, 6) is -0.333. The first kappa shape index (κ1) is 18.4. The third-order valence-corrected chi connectivity index (χ3v) is 5.90. The number of fused-ring (bicyclic) bond motifs is 1. The number of aliphatic imine (C=N–C) groups is 1. The highest BCUT2D eigenvalue weighted by Crippen LogP contribution is 2.29. The van der Waals surface area contributed by atoms with Crippen molar-refractivity contribution in [3.8, 4) is 5.69 Å². The molecule has 0 aliphatic carbocycles. The Morgan fingerprint density at radius 2 is 1.82 bits per heavy atom. The number of hydrazone groups is 1. The second-order valence-electron chi connectivity index (χ2n) is 7.07. The van der Waals surface area contributed by atoms with E-state index in [0.29, 0.717) is 5.17 Å². The number of hydrogen-bond acceptors (Lipinski definition) is 4. The van der Waals surface area contributed by atoms with Crippen LogP contribution in [0.5, 0.6) is 0 Å². The van der Waals surface area contributed by atoms with E-state index in [-0.39, 0.29) is 11.4 Å².